The highest BCUT2D eigenvalue weighted by Crippen LogP contribution is 2.11. The van der Waals surface area contributed by atoms with E-state index in [-0.39, 0.29) is 30.6 Å². The number of amides is 3. The average Bonchev–Trinajstić information content (AvgIpc) is 2.68. The lowest BCUT2D eigenvalue weighted by Crippen LogP contribution is -2.57. The topological polar surface area (TPSA) is 188 Å². The number of carbonyl (C=O) groups is 5. The maximum Gasteiger partial charge on any atom is 0.326 e. The summed E-state index contributed by atoms with van der Waals surface area (Å²) in [5.74, 6) is -4.08. The molecule has 0 saturated heterocycles. The summed E-state index contributed by atoms with van der Waals surface area (Å²) >= 11 is 0. The summed E-state index contributed by atoms with van der Waals surface area (Å²) in [6.45, 7) is 11.3. The Kier molecular flexibility index (Phi) is 14.1. The van der Waals surface area contributed by atoms with Crippen LogP contribution in [0.1, 0.15) is 73.6 Å². The molecular formula is C23H42N4O7. The van der Waals surface area contributed by atoms with Gasteiger partial charge in [0.15, 0.2) is 0 Å². The van der Waals surface area contributed by atoms with Gasteiger partial charge in [-0.05, 0) is 43.4 Å². The number of carboxylic acids is 2. The third-order valence-corrected chi connectivity index (χ3v) is 5.00. The Morgan fingerprint density at radius 2 is 1.03 bits per heavy atom. The molecule has 0 spiro atoms. The van der Waals surface area contributed by atoms with E-state index in [1.54, 1.807) is 0 Å². The number of hydrogen-bond acceptors (Lipinski definition) is 6. The van der Waals surface area contributed by atoms with Crippen LogP contribution < -0.4 is 21.7 Å². The van der Waals surface area contributed by atoms with Gasteiger partial charge in [0.2, 0.25) is 17.7 Å². The monoisotopic (exact) mass is 486 g/mol. The highest BCUT2D eigenvalue weighted by atomic mass is 16.4. The van der Waals surface area contributed by atoms with E-state index < -0.39 is 60.2 Å². The smallest absolute Gasteiger partial charge is 0.326 e. The summed E-state index contributed by atoms with van der Waals surface area (Å²) in [4.78, 5) is 60.6. The molecule has 0 aromatic heterocycles. The van der Waals surface area contributed by atoms with E-state index in [2.05, 4.69) is 16.0 Å². The molecule has 0 radical (unpaired) electrons. The zero-order valence-corrected chi connectivity index (χ0v) is 21.1. The van der Waals surface area contributed by atoms with Crippen molar-refractivity contribution < 1.29 is 34.2 Å². The van der Waals surface area contributed by atoms with Crippen molar-refractivity contribution in [2.24, 2.45) is 23.5 Å². The standard InChI is InChI=1S/C23H42N4O7/c1-12(2)9-15(24)20(30)26-17(10-13(3)4)22(32)27-18(11-14(5)6)21(31)25-16(23(33)34)7-8-19(28)29/h12-18H,7-11,24H2,1-6H3,(H,25,31)(H,26,30)(H,27,32)(H,28,29)(H,33,34)/t15-,16-,17-,18-/m0/s1. The molecule has 3 amide bonds. The van der Waals surface area contributed by atoms with Crippen molar-refractivity contribution in [2.45, 2.75) is 97.8 Å². The average molecular weight is 487 g/mol. The molecule has 0 aromatic rings. The zero-order valence-electron chi connectivity index (χ0n) is 21.1. The first-order valence-electron chi connectivity index (χ1n) is 11.7. The highest BCUT2D eigenvalue weighted by Gasteiger charge is 2.31. The van der Waals surface area contributed by atoms with Crippen LogP contribution in [0.2, 0.25) is 0 Å². The third kappa shape index (κ3) is 13.1. The quantitative estimate of drug-likeness (QED) is 0.185. The fourth-order valence-corrected chi connectivity index (χ4v) is 3.37. The minimum Gasteiger partial charge on any atom is -0.481 e. The normalized spacial score (nSPS) is 14.9. The lowest BCUT2D eigenvalue weighted by molar-refractivity contribution is -0.143. The van der Waals surface area contributed by atoms with Crippen LogP contribution in [0.4, 0.5) is 0 Å². The molecule has 0 aliphatic carbocycles. The predicted octanol–water partition coefficient (Wildman–Crippen LogP) is 0.856. The Bertz CT molecular complexity index is 709. The van der Waals surface area contributed by atoms with Gasteiger partial charge in [0, 0.05) is 6.42 Å². The molecule has 0 bridgehead atoms. The fourth-order valence-electron chi connectivity index (χ4n) is 3.37. The molecule has 0 aromatic carbocycles. The fraction of sp³-hybridized carbons (Fsp3) is 0.783. The molecule has 7 N–H and O–H groups in total. The number of rotatable bonds is 16. The van der Waals surface area contributed by atoms with Crippen LogP contribution in [-0.2, 0) is 24.0 Å². The molecule has 0 unspecified atom stereocenters. The van der Waals surface area contributed by atoms with Crippen molar-refractivity contribution in [3.8, 4) is 0 Å². The molecule has 34 heavy (non-hydrogen) atoms. The number of carbonyl (C=O) groups excluding carboxylic acids is 3. The lowest BCUT2D eigenvalue weighted by atomic mass is 9.98. The molecule has 0 aliphatic heterocycles. The Morgan fingerprint density at radius 1 is 0.647 bits per heavy atom. The van der Waals surface area contributed by atoms with Gasteiger partial charge in [-0.15, -0.1) is 0 Å². The van der Waals surface area contributed by atoms with E-state index in [1.807, 2.05) is 41.5 Å². The Labute approximate surface area is 201 Å². The lowest BCUT2D eigenvalue weighted by Gasteiger charge is -2.27. The number of nitrogens with two attached hydrogens (primary N) is 1. The number of aliphatic carboxylic acids is 2. The molecule has 196 valence electrons. The van der Waals surface area contributed by atoms with Crippen LogP contribution in [0.25, 0.3) is 0 Å². The van der Waals surface area contributed by atoms with Gasteiger partial charge >= 0.3 is 11.9 Å². The van der Waals surface area contributed by atoms with E-state index in [4.69, 9.17) is 10.8 Å². The summed E-state index contributed by atoms with van der Waals surface area (Å²) in [5.41, 5.74) is 5.94. The first-order chi connectivity index (χ1) is 15.6. The van der Waals surface area contributed by atoms with Gasteiger partial charge in [0.05, 0.1) is 6.04 Å². The van der Waals surface area contributed by atoms with Crippen molar-refractivity contribution in [3.63, 3.8) is 0 Å². The summed E-state index contributed by atoms with van der Waals surface area (Å²) in [7, 11) is 0. The van der Waals surface area contributed by atoms with Crippen LogP contribution >= 0.6 is 0 Å². The van der Waals surface area contributed by atoms with Crippen LogP contribution in [0.5, 0.6) is 0 Å². The molecule has 11 nitrogen and oxygen atoms in total. The van der Waals surface area contributed by atoms with E-state index in [0.717, 1.165) is 0 Å². The Morgan fingerprint density at radius 3 is 1.38 bits per heavy atom. The van der Waals surface area contributed by atoms with Crippen LogP contribution in [0.3, 0.4) is 0 Å². The van der Waals surface area contributed by atoms with E-state index in [1.165, 1.54) is 0 Å². The van der Waals surface area contributed by atoms with Gasteiger partial charge < -0.3 is 31.9 Å². The highest BCUT2D eigenvalue weighted by molar-refractivity contribution is 5.94. The van der Waals surface area contributed by atoms with Crippen LogP contribution in [-0.4, -0.2) is 64.0 Å². The molecule has 0 heterocycles. The predicted molar refractivity (Wildman–Crippen MR) is 127 cm³/mol. The summed E-state index contributed by atoms with van der Waals surface area (Å²) < 4.78 is 0. The van der Waals surface area contributed by atoms with Gasteiger partial charge in [-0.25, -0.2) is 4.79 Å². The summed E-state index contributed by atoms with van der Waals surface area (Å²) in [5, 5.41) is 25.8. The Hall–Kier alpha value is -2.69. The van der Waals surface area contributed by atoms with Crippen molar-refractivity contribution in [1.29, 1.82) is 0 Å². The largest absolute Gasteiger partial charge is 0.481 e. The minimum atomic E-state index is -1.41. The van der Waals surface area contributed by atoms with E-state index in [0.29, 0.717) is 12.8 Å². The second-order valence-corrected chi connectivity index (χ2v) is 9.95. The number of nitrogens with one attached hydrogen (secondary N) is 3. The molecule has 11 heteroatoms. The van der Waals surface area contributed by atoms with Gasteiger partial charge in [-0.3, -0.25) is 19.2 Å². The minimum absolute atomic E-state index is 0.0176. The van der Waals surface area contributed by atoms with Crippen molar-refractivity contribution >= 4 is 29.7 Å². The molecular weight excluding hydrogens is 444 g/mol. The van der Waals surface area contributed by atoms with Crippen LogP contribution in [0.15, 0.2) is 0 Å². The van der Waals surface area contributed by atoms with E-state index in [9.17, 15) is 29.1 Å². The number of hydrogen-bond donors (Lipinski definition) is 6. The molecule has 0 rings (SSSR count). The maximum atomic E-state index is 13.0. The number of carboxylic acid groups (broad SMARTS) is 2. The van der Waals surface area contributed by atoms with E-state index >= 15 is 0 Å². The van der Waals surface area contributed by atoms with Gasteiger partial charge in [0.1, 0.15) is 18.1 Å². The Balaban J connectivity index is 5.50. The van der Waals surface area contributed by atoms with Gasteiger partial charge in [0.25, 0.3) is 0 Å². The van der Waals surface area contributed by atoms with Gasteiger partial charge in [-0.1, -0.05) is 41.5 Å². The molecule has 0 saturated carbocycles. The SMILES string of the molecule is CC(C)C[C@H](NC(=O)[C@H](CC(C)C)NC(=O)[C@@H](N)CC(C)C)C(=O)N[C@@H](CCC(=O)O)C(=O)O. The first kappa shape index (κ1) is 31.3. The second-order valence-electron chi connectivity index (χ2n) is 9.95. The molecule has 4 atom stereocenters. The van der Waals surface area contributed by atoms with Crippen molar-refractivity contribution in [2.75, 3.05) is 0 Å². The third-order valence-electron chi connectivity index (χ3n) is 5.00. The molecule has 0 aliphatic rings. The summed E-state index contributed by atoms with van der Waals surface area (Å²) in [6, 6.07) is -4.16. The maximum absolute atomic E-state index is 13.0. The summed E-state index contributed by atoms with van der Waals surface area (Å²) in [6.07, 6.45) is 0.264. The van der Waals surface area contributed by atoms with Crippen LogP contribution in [0, 0.1) is 17.8 Å². The first-order valence-corrected chi connectivity index (χ1v) is 11.7. The van der Waals surface area contributed by atoms with Crippen molar-refractivity contribution in [1.82, 2.24) is 16.0 Å². The molecule has 0 fully saturated rings. The van der Waals surface area contributed by atoms with Gasteiger partial charge in [-0.2, -0.15) is 0 Å². The zero-order chi connectivity index (χ0) is 26.6. The van der Waals surface area contributed by atoms with Crippen molar-refractivity contribution in [3.05, 3.63) is 0 Å². The second kappa shape index (κ2) is 15.3.